The maximum Gasteiger partial charge on any atom is 0.0689 e. The van der Waals surface area contributed by atoms with Gasteiger partial charge < -0.3 is 9.80 Å². The van der Waals surface area contributed by atoms with Gasteiger partial charge in [0.15, 0.2) is 0 Å². The van der Waals surface area contributed by atoms with Gasteiger partial charge in [-0.2, -0.15) is 0 Å². The molecule has 2 aromatic carbocycles. The van der Waals surface area contributed by atoms with Gasteiger partial charge in [-0.25, -0.2) is 0 Å². The van der Waals surface area contributed by atoms with Crippen LogP contribution in [0.5, 0.6) is 0 Å². The summed E-state index contributed by atoms with van der Waals surface area (Å²) in [6.07, 6.45) is 7.51. The van der Waals surface area contributed by atoms with Gasteiger partial charge in [-0.15, -0.1) is 0 Å². The first-order valence-corrected chi connectivity index (χ1v) is 12.9. The number of piperidine rings is 2. The molecular weight excluding hydrogens is 404 g/mol. The molecule has 0 saturated carbocycles. The number of benzene rings is 2. The van der Waals surface area contributed by atoms with E-state index < -0.39 is 0 Å². The summed E-state index contributed by atoms with van der Waals surface area (Å²) in [4.78, 5) is 7.79. The van der Waals surface area contributed by atoms with Crippen LogP contribution < -0.4 is 10.2 Å². The molecule has 3 heterocycles. The summed E-state index contributed by atoms with van der Waals surface area (Å²) in [5, 5.41) is 3.64. The number of nitrogens with one attached hydrogen (secondary N) is 1. The van der Waals surface area contributed by atoms with Gasteiger partial charge in [0.1, 0.15) is 0 Å². The van der Waals surface area contributed by atoms with Crippen LogP contribution in [0.15, 0.2) is 54.6 Å². The molecule has 5 rings (SSSR count). The van der Waals surface area contributed by atoms with E-state index in [2.05, 4.69) is 86.5 Å². The molecule has 4 nitrogen and oxygen atoms in total. The van der Waals surface area contributed by atoms with E-state index in [9.17, 15) is 0 Å². The molecular formula is C29H38N4. The van der Waals surface area contributed by atoms with E-state index in [4.69, 9.17) is 0 Å². The molecule has 2 aromatic rings. The first-order chi connectivity index (χ1) is 16.3. The normalized spacial score (nSPS) is 21.2. The lowest BCUT2D eigenvalue weighted by Crippen LogP contribution is -2.54. The van der Waals surface area contributed by atoms with Crippen molar-refractivity contribution in [1.29, 1.82) is 0 Å². The minimum atomic E-state index is 0.263. The molecule has 3 aliphatic heterocycles. The second-order valence-corrected chi connectivity index (χ2v) is 10.0. The molecule has 0 unspecified atom stereocenters. The second kappa shape index (κ2) is 10.7. The molecule has 3 saturated heterocycles. The average Bonchev–Trinajstić information content (AvgIpc) is 3.28. The Bertz CT molecular complexity index is 946. The average molecular weight is 443 g/mol. The van der Waals surface area contributed by atoms with E-state index in [-0.39, 0.29) is 5.54 Å². The molecule has 4 heteroatoms. The molecule has 1 N–H and O–H groups in total. The number of likely N-dealkylation sites (tertiary alicyclic amines) is 2. The fourth-order valence-corrected chi connectivity index (χ4v) is 5.78. The predicted octanol–water partition coefficient (Wildman–Crippen LogP) is 4.32. The first-order valence-electron chi connectivity index (χ1n) is 12.9. The van der Waals surface area contributed by atoms with Crippen LogP contribution in [0.1, 0.15) is 49.7 Å². The second-order valence-electron chi connectivity index (χ2n) is 10.0. The Labute approximate surface area is 200 Å². The Hall–Kier alpha value is -2.32. The van der Waals surface area contributed by atoms with Crippen LogP contribution in [-0.2, 0) is 6.54 Å². The van der Waals surface area contributed by atoms with E-state index in [1.807, 2.05) is 0 Å². The summed E-state index contributed by atoms with van der Waals surface area (Å²) >= 11 is 0. The Balaban J connectivity index is 1.13. The number of rotatable bonds is 5. The Kier molecular flexibility index (Phi) is 7.31. The van der Waals surface area contributed by atoms with Gasteiger partial charge >= 0.3 is 0 Å². The van der Waals surface area contributed by atoms with Crippen molar-refractivity contribution < 1.29 is 0 Å². The minimum absolute atomic E-state index is 0.263. The highest BCUT2D eigenvalue weighted by Crippen LogP contribution is 2.35. The zero-order valence-corrected chi connectivity index (χ0v) is 19.9. The standard InChI is InChI=1S/C29H38N4/c1-3-13-28(14-4-1)33-25-30-24-29(33)15-20-32(21-16-29)23-27-12-9-11-26(22-27)10-5-8-19-31-17-6-2-7-18-31/h1,3-4,9,11-14,22,30H,2,6-8,15-21,23-25H2. The minimum Gasteiger partial charge on any atom is -0.352 e. The van der Waals surface area contributed by atoms with Crippen molar-refractivity contribution >= 4 is 5.69 Å². The highest BCUT2D eigenvalue weighted by molar-refractivity contribution is 5.50. The van der Waals surface area contributed by atoms with Gasteiger partial charge in [0, 0.05) is 50.4 Å². The monoisotopic (exact) mass is 442 g/mol. The van der Waals surface area contributed by atoms with Crippen LogP contribution in [0.2, 0.25) is 0 Å². The summed E-state index contributed by atoms with van der Waals surface area (Å²) in [7, 11) is 0. The predicted molar refractivity (Wildman–Crippen MR) is 137 cm³/mol. The maximum absolute atomic E-state index is 3.64. The van der Waals surface area contributed by atoms with Crippen molar-refractivity contribution in [3.05, 3.63) is 65.7 Å². The maximum atomic E-state index is 3.64. The van der Waals surface area contributed by atoms with Gasteiger partial charge in [0.05, 0.1) is 12.2 Å². The topological polar surface area (TPSA) is 21.8 Å². The van der Waals surface area contributed by atoms with Gasteiger partial charge in [-0.1, -0.05) is 48.6 Å². The zero-order chi connectivity index (χ0) is 22.3. The van der Waals surface area contributed by atoms with Crippen LogP contribution in [0.3, 0.4) is 0 Å². The fraction of sp³-hybridized carbons (Fsp3) is 0.517. The van der Waals surface area contributed by atoms with Crippen molar-refractivity contribution in [1.82, 2.24) is 15.1 Å². The fourth-order valence-electron chi connectivity index (χ4n) is 5.78. The van der Waals surface area contributed by atoms with Gasteiger partial charge in [-0.3, -0.25) is 10.2 Å². The van der Waals surface area contributed by atoms with Crippen molar-refractivity contribution in [2.24, 2.45) is 0 Å². The molecule has 3 fully saturated rings. The molecule has 3 aliphatic rings. The first kappa shape index (κ1) is 22.5. The van der Waals surface area contributed by atoms with E-state index >= 15 is 0 Å². The van der Waals surface area contributed by atoms with Crippen molar-refractivity contribution in [2.45, 2.75) is 50.6 Å². The van der Waals surface area contributed by atoms with E-state index in [1.54, 1.807) is 0 Å². The van der Waals surface area contributed by atoms with Crippen LogP contribution in [0.4, 0.5) is 5.69 Å². The van der Waals surface area contributed by atoms with Gasteiger partial charge in [0.25, 0.3) is 0 Å². The molecule has 0 aliphatic carbocycles. The highest BCUT2D eigenvalue weighted by atomic mass is 15.4. The third kappa shape index (κ3) is 5.61. The van der Waals surface area contributed by atoms with E-state index in [0.717, 1.165) is 51.4 Å². The molecule has 0 radical (unpaired) electrons. The van der Waals surface area contributed by atoms with Gasteiger partial charge in [-0.05, 0) is 68.6 Å². The number of hydrogen-bond acceptors (Lipinski definition) is 4. The summed E-state index contributed by atoms with van der Waals surface area (Å²) in [6.45, 7) is 9.02. The quantitative estimate of drug-likeness (QED) is 0.697. The zero-order valence-electron chi connectivity index (χ0n) is 19.9. The van der Waals surface area contributed by atoms with Crippen LogP contribution in [0, 0.1) is 11.8 Å². The lowest BCUT2D eigenvalue weighted by atomic mass is 9.86. The van der Waals surface area contributed by atoms with Crippen molar-refractivity contribution in [2.75, 3.05) is 50.8 Å². The molecule has 33 heavy (non-hydrogen) atoms. The van der Waals surface area contributed by atoms with Crippen molar-refractivity contribution in [3.63, 3.8) is 0 Å². The molecule has 1 spiro atoms. The van der Waals surface area contributed by atoms with Crippen LogP contribution in [-0.4, -0.2) is 61.3 Å². The van der Waals surface area contributed by atoms with Crippen LogP contribution in [0.25, 0.3) is 0 Å². The molecule has 0 atom stereocenters. The third-order valence-electron chi connectivity index (χ3n) is 7.72. The smallest absolute Gasteiger partial charge is 0.0689 e. The summed E-state index contributed by atoms with van der Waals surface area (Å²) in [5.74, 6) is 6.83. The lowest BCUT2D eigenvalue weighted by Gasteiger charge is -2.45. The van der Waals surface area contributed by atoms with E-state index in [0.29, 0.717) is 0 Å². The van der Waals surface area contributed by atoms with Gasteiger partial charge in [0.2, 0.25) is 0 Å². The Morgan fingerprint density at radius 2 is 1.67 bits per heavy atom. The lowest BCUT2D eigenvalue weighted by molar-refractivity contribution is 0.163. The molecule has 0 amide bonds. The number of nitrogens with zero attached hydrogens (tertiary/aromatic N) is 3. The molecule has 0 bridgehead atoms. The summed E-state index contributed by atoms with van der Waals surface area (Å²) in [5.41, 5.74) is 4.16. The Morgan fingerprint density at radius 3 is 2.48 bits per heavy atom. The van der Waals surface area contributed by atoms with Crippen LogP contribution >= 0.6 is 0 Å². The largest absolute Gasteiger partial charge is 0.352 e. The number of para-hydroxylation sites is 1. The molecule has 174 valence electrons. The number of hydrogen-bond donors (Lipinski definition) is 1. The summed E-state index contributed by atoms with van der Waals surface area (Å²) < 4.78 is 0. The highest BCUT2D eigenvalue weighted by Gasteiger charge is 2.43. The SMILES string of the molecule is C(#Cc1cccc(CN2CCC3(CC2)CNCN3c2ccccc2)c1)CCN1CCCCC1. The number of anilines is 1. The summed E-state index contributed by atoms with van der Waals surface area (Å²) in [6, 6.07) is 19.8. The van der Waals surface area contributed by atoms with E-state index in [1.165, 1.54) is 56.4 Å². The third-order valence-corrected chi connectivity index (χ3v) is 7.72. The molecule has 0 aromatic heterocycles. The Morgan fingerprint density at radius 1 is 0.848 bits per heavy atom. The van der Waals surface area contributed by atoms with Crippen molar-refractivity contribution in [3.8, 4) is 11.8 Å².